The second kappa shape index (κ2) is 9.90. The Morgan fingerprint density at radius 3 is 2.25 bits per heavy atom. The van der Waals surface area contributed by atoms with Crippen molar-refractivity contribution in [2.45, 2.75) is 40.8 Å². The lowest BCUT2D eigenvalue weighted by Gasteiger charge is -2.09. The molecule has 0 saturated carbocycles. The Hall–Kier alpha value is -4.05. The number of aromatic nitrogens is 4. The molecule has 36 heavy (non-hydrogen) atoms. The molecule has 2 heterocycles. The van der Waals surface area contributed by atoms with Gasteiger partial charge in [-0.05, 0) is 63.1 Å². The normalized spacial score (nSPS) is 11.1. The minimum Gasteiger partial charge on any atom is -0.319 e. The van der Waals surface area contributed by atoms with Crippen LogP contribution in [0.1, 0.15) is 44.3 Å². The highest BCUT2D eigenvalue weighted by Gasteiger charge is 2.22. The fourth-order valence-corrected chi connectivity index (χ4v) is 4.30. The van der Waals surface area contributed by atoms with Crippen LogP contribution in [0.5, 0.6) is 0 Å². The van der Waals surface area contributed by atoms with Crippen LogP contribution in [-0.2, 0) is 13.1 Å². The average molecular weight is 511 g/mol. The molecule has 0 spiro atoms. The minimum atomic E-state index is -0.429. The number of anilines is 1. The van der Waals surface area contributed by atoms with E-state index in [0.29, 0.717) is 52.0 Å². The first-order valence-electron chi connectivity index (χ1n) is 11.1. The maximum atomic E-state index is 13.4. The van der Waals surface area contributed by atoms with Gasteiger partial charge >= 0.3 is 5.69 Å². The monoisotopic (exact) mass is 510 g/mol. The van der Waals surface area contributed by atoms with Crippen molar-refractivity contribution in [3.63, 3.8) is 0 Å². The largest absolute Gasteiger partial charge is 0.319 e. The number of aryl methyl sites for hydroxylation is 2. The first kappa shape index (κ1) is 25.1. The predicted molar refractivity (Wildman–Crippen MR) is 134 cm³/mol. The lowest BCUT2D eigenvalue weighted by Crippen LogP contribution is -2.13. The molecular formula is C25H24ClFN6O3. The van der Waals surface area contributed by atoms with E-state index in [1.54, 1.807) is 60.5 Å². The SMILES string of the molecule is Cc1nn(Cc2ccc(F)cc2Cl)c(C)c1NC(=O)c1ccc(Cn2nc(C)c([N+](=O)[O-])c2C)cc1. The van der Waals surface area contributed by atoms with Crippen molar-refractivity contribution in [1.29, 1.82) is 0 Å². The summed E-state index contributed by atoms with van der Waals surface area (Å²) in [5.41, 5.74) is 4.84. The fourth-order valence-electron chi connectivity index (χ4n) is 4.07. The van der Waals surface area contributed by atoms with E-state index in [0.717, 1.165) is 11.3 Å². The molecule has 11 heteroatoms. The summed E-state index contributed by atoms with van der Waals surface area (Å²) < 4.78 is 16.6. The number of amides is 1. The summed E-state index contributed by atoms with van der Waals surface area (Å²) >= 11 is 6.15. The van der Waals surface area contributed by atoms with Gasteiger partial charge < -0.3 is 5.32 Å². The Labute approximate surface area is 211 Å². The van der Waals surface area contributed by atoms with E-state index in [4.69, 9.17) is 11.6 Å². The first-order valence-corrected chi connectivity index (χ1v) is 11.5. The van der Waals surface area contributed by atoms with Gasteiger partial charge in [0.1, 0.15) is 17.2 Å². The lowest BCUT2D eigenvalue weighted by molar-refractivity contribution is -0.386. The average Bonchev–Trinajstić information content (AvgIpc) is 3.24. The standard InChI is InChI=1S/C25H24ClFN6O3/c1-14-23(16(3)32(29-14)13-20-9-10-21(27)11-22(20)26)28-25(34)19-7-5-18(6-8-19)12-31-17(4)24(33(35)36)15(2)30-31/h5-11H,12-13H2,1-4H3,(H,28,34). The quantitative estimate of drug-likeness (QED) is 0.266. The number of hydrogen-bond donors (Lipinski definition) is 1. The molecule has 0 aliphatic rings. The molecule has 0 radical (unpaired) electrons. The molecule has 2 aromatic carbocycles. The zero-order valence-electron chi connectivity index (χ0n) is 20.2. The Balaban J connectivity index is 1.47. The number of hydrogen-bond acceptors (Lipinski definition) is 5. The number of rotatable bonds is 7. The minimum absolute atomic E-state index is 0.0129. The van der Waals surface area contributed by atoms with Crippen LogP contribution in [0.4, 0.5) is 15.8 Å². The van der Waals surface area contributed by atoms with Gasteiger partial charge in [0.2, 0.25) is 0 Å². The third-order valence-corrected chi connectivity index (χ3v) is 6.38. The van der Waals surface area contributed by atoms with Crippen LogP contribution in [-0.4, -0.2) is 30.4 Å². The fraction of sp³-hybridized carbons (Fsp3) is 0.240. The summed E-state index contributed by atoms with van der Waals surface area (Å²) in [6, 6.07) is 11.2. The molecule has 1 N–H and O–H groups in total. The number of nitrogens with zero attached hydrogens (tertiary/aromatic N) is 5. The Morgan fingerprint density at radius 2 is 1.64 bits per heavy atom. The van der Waals surface area contributed by atoms with Crippen LogP contribution in [0, 0.1) is 43.6 Å². The van der Waals surface area contributed by atoms with E-state index in [2.05, 4.69) is 15.5 Å². The van der Waals surface area contributed by atoms with E-state index >= 15 is 0 Å². The molecule has 0 fully saturated rings. The van der Waals surface area contributed by atoms with Crippen molar-refractivity contribution in [3.05, 3.63) is 103 Å². The van der Waals surface area contributed by atoms with Crippen LogP contribution in [0.25, 0.3) is 0 Å². The van der Waals surface area contributed by atoms with Crippen LogP contribution >= 0.6 is 11.6 Å². The second-order valence-corrected chi connectivity index (χ2v) is 8.93. The van der Waals surface area contributed by atoms with Crippen molar-refractivity contribution in [2.24, 2.45) is 0 Å². The molecular weight excluding hydrogens is 487 g/mol. The zero-order valence-corrected chi connectivity index (χ0v) is 20.9. The lowest BCUT2D eigenvalue weighted by atomic mass is 10.1. The van der Waals surface area contributed by atoms with Crippen molar-refractivity contribution in [3.8, 4) is 0 Å². The van der Waals surface area contributed by atoms with Gasteiger partial charge in [-0.3, -0.25) is 24.3 Å². The number of benzene rings is 2. The number of halogens is 2. The van der Waals surface area contributed by atoms with Gasteiger partial charge in [-0.15, -0.1) is 0 Å². The topological polar surface area (TPSA) is 108 Å². The highest BCUT2D eigenvalue weighted by molar-refractivity contribution is 6.31. The molecule has 1 amide bonds. The van der Waals surface area contributed by atoms with Gasteiger partial charge in [0.25, 0.3) is 5.91 Å². The van der Waals surface area contributed by atoms with E-state index < -0.39 is 10.7 Å². The van der Waals surface area contributed by atoms with Gasteiger partial charge in [-0.25, -0.2) is 4.39 Å². The van der Waals surface area contributed by atoms with Gasteiger partial charge in [0, 0.05) is 10.6 Å². The Morgan fingerprint density at radius 1 is 1.00 bits per heavy atom. The molecule has 9 nitrogen and oxygen atoms in total. The number of carbonyl (C=O) groups is 1. The highest BCUT2D eigenvalue weighted by atomic mass is 35.5. The molecule has 0 saturated heterocycles. The first-order chi connectivity index (χ1) is 17.0. The summed E-state index contributed by atoms with van der Waals surface area (Å²) in [4.78, 5) is 23.7. The van der Waals surface area contributed by atoms with Crippen molar-refractivity contribution >= 4 is 28.9 Å². The highest BCUT2D eigenvalue weighted by Crippen LogP contribution is 2.25. The third kappa shape index (κ3) is 4.99. The maximum Gasteiger partial charge on any atom is 0.312 e. The summed E-state index contributed by atoms with van der Waals surface area (Å²) in [6.07, 6.45) is 0. The smallest absolute Gasteiger partial charge is 0.312 e. The molecule has 0 unspecified atom stereocenters. The van der Waals surface area contributed by atoms with Crippen LogP contribution in [0.15, 0.2) is 42.5 Å². The molecule has 0 aliphatic heterocycles. The molecule has 2 aromatic heterocycles. The van der Waals surface area contributed by atoms with Crippen LogP contribution in [0.2, 0.25) is 5.02 Å². The Bertz CT molecular complexity index is 1480. The number of carbonyl (C=O) groups excluding carboxylic acids is 1. The molecule has 0 atom stereocenters. The molecule has 4 aromatic rings. The van der Waals surface area contributed by atoms with E-state index in [9.17, 15) is 19.3 Å². The summed E-state index contributed by atoms with van der Waals surface area (Å²) in [6.45, 7) is 7.58. The third-order valence-electron chi connectivity index (χ3n) is 6.03. The van der Waals surface area contributed by atoms with E-state index in [-0.39, 0.29) is 11.6 Å². The van der Waals surface area contributed by atoms with Crippen molar-refractivity contribution in [2.75, 3.05) is 5.32 Å². The van der Waals surface area contributed by atoms with Crippen molar-refractivity contribution < 1.29 is 14.1 Å². The Kier molecular flexibility index (Phi) is 6.89. The predicted octanol–water partition coefficient (Wildman–Crippen LogP) is 5.36. The van der Waals surface area contributed by atoms with Crippen molar-refractivity contribution in [1.82, 2.24) is 19.6 Å². The van der Waals surface area contributed by atoms with Gasteiger partial charge in [-0.2, -0.15) is 10.2 Å². The molecule has 186 valence electrons. The maximum absolute atomic E-state index is 13.4. The molecule has 0 aliphatic carbocycles. The summed E-state index contributed by atoms with van der Waals surface area (Å²) in [7, 11) is 0. The summed E-state index contributed by atoms with van der Waals surface area (Å²) in [5, 5.41) is 23.2. The van der Waals surface area contributed by atoms with Crippen LogP contribution < -0.4 is 5.32 Å². The number of nitrogens with one attached hydrogen (secondary N) is 1. The van der Waals surface area contributed by atoms with E-state index in [1.807, 2.05) is 6.92 Å². The van der Waals surface area contributed by atoms with Crippen LogP contribution in [0.3, 0.4) is 0 Å². The van der Waals surface area contributed by atoms with Gasteiger partial charge in [-0.1, -0.05) is 29.8 Å². The summed E-state index contributed by atoms with van der Waals surface area (Å²) in [5.74, 6) is -0.707. The van der Waals surface area contributed by atoms with Gasteiger partial charge in [0.15, 0.2) is 0 Å². The van der Waals surface area contributed by atoms with Gasteiger partial charge in [0.05, 0.1) is 35.1 Å². The number of nitro groups is 1. The second-order valence-electron chi connectivity index (χ2n) is 8.52. The molecule has 0 bridgehead atoms. The zero-order chi connectivity index (χ0) is 26.1. The molecule has 4 rings (SSSR count). The van der Waals surface area contributed by atoms with E-state index in [1.165, 1.54) is 12.1 Å².